The maximum atomic E-state index is 6.10. The number of thiazole rings is 1. The molecule has 0 spiro atoms. The summed E-state index contributed by atoms with van der Waals surface area (Å²) >= 11 is 3.36. The summed E-state index contributed by atoms with van der Waals surface area (Å²) in [7, 11) is 0. The molecule has 3 aromatic rings. The summed E-state index contributed by atoms with van der Waals surface area (Å²) in [5, 5.41) is 1.08. The Morgan fingerprint density at radius 1 is 1.17 bits per heavy atom. The molecule has 4 heteroatoms. The number of hydrogen-bond acceptors (Lipinski definition) is 4. The lowest BCUT2D eigenvalue weighted by molar-refractivity contribution is 1.33. The molecule has 3 rings (SSSR count). The van der Waals surface area contributed by atoms with E-state index in [-0.39, 0.29) is 0 Å². The van der Waals surface area contributed by atoms with E-state index < -0.39 is 0 Å². The molecule has 90 valence electrons. The number of nitrogen functional groups attached to an aromatic ring is 1. The first kappa shape index (κ1) is 11.6. The largest absolute Gasteiger partial charge is 0.398 e. The molecule has 2 N–H and O–H groups in total. The van der Waals surface area contributed by atoms with Crippen LogP contribution in [0, 0.1) is 6.92 Å². The Bertz CT molecular complexity index is 690. The first-order valence-corrected chi connectivity index (χ1v) is 7.25. The molecule has 2 nitrogen and oxygen atoms in total. The number of rotatable bonds is 2. The Kier molecular flexibility index (Phi) is 2.97. The van der Waals surface area contributed by atoms with Crippen LogP contribution in [0.15, 0.2) is 52.3 Å². The lowest BCUT2D eigenvalue weighted by Gasteiger charge is -2.05. The highest BCUT2D eigenvalue weighted by Crippen LogP contribution is 2.36. The molecule has 0 aliphatic rings. The number of aromatic nitrogens is 1. The van der Waals surface area contributed by atoms with Gasteiger partial charge in [-0.15, -0.1) is 11.3 Å². The van der Waals surface area contributed by atoms with Gasteiger partial charge in [0.05, 0.1) is 15.2 Å². The summed E-state index contributed by atoms with van der Waals surface area (Å²) in [6.07, 6.45) is 0. The van der Waals surface area contributed by atoms with Crippen LogP contribution in [-0.4, -0.2) is 4.98 Å². The van der Waals surface area contributed by atoms with E-state index in [1.807, 2.05) is 31.2 Å². The minimum Gasteiger partial charge on any atom is -0.398 e. The van der Waals surface area contributed by atoms with Gasteiger partial charge in [-0.05, 0) is 31.2 Å². The number of aryl methyl sites for hydroxylation is 1. The molecule has 0 fully saturated rings. The van der Waals surface area contributed by atoms with Crippen molar-refractivity contribution >= 4 is 39.0 Å². The van der Waals surface area contributed by atoms with Crippen molar-refractivity contribution < 1.29 is 0 Å². The van der Waals surface area contributed by atoms with Crippen LogP contribution in [0.5, 0.6) is 0 Å². The van der Waals surface area contributed by atoms with Gasteiger partial charge in [-0.25, -0.2) is 4.98 Å². The third-order valence-electron chi connectivity index (χ3n) is 2.60. The zero-order valence-electron chi connectivity index (χ0n) is 9.88. The van der Waals surface area contributed by atoms with Crippen LogP contribution in [0.2, 0.25) is 0 Å². The van der Waals surface area contributed by atoms with Gasteiger partial charge >= 0.3 is 0 Å². The second-order valence-corrected chi connectivity index (χ2v) is 6.36. The fourth-order valence-corrected chi connectivity index (χ4v) is 3.54. The van der Waals surface area contributed by atoms with E-state index in [0.29, 0.717) is 0 Å². The van der Waals surface area contributed by atoms with Crippen molar-refractivity contribution in [1.29, 1.82) is 0 Å². The normalized spacial score (nSPS) is 10.9. The summed E-state index contributed by atoms with van der Waals surface area (Å²) < 4.78 is 1.16. The average Bonchev–Trinajstić information content (AvgIpc) is 2.70. The highest BCUT2D eigenvalue weighted by atomic mass is 32.2. The zero-order chi connectivity index (χ0) is 12.5. The molecule has 0 aliphatic heterocycles. The molecular formula is C14H12N2S2. The third kappa shape index (κ3) is 2.21. The van der Waals surface area contributed by atoms with Crippen LogP contribution in [-0.2, 0) is 0 Å². The second kappa shape index (κ2) is 4.63. The molecular weight excluding hydrogens is 260 g/mol. The highest BCUT2D eigenvalue weighted by molar-refractivity contribution is 7.99. The van der Waals surface area contributed by atoms with Crippen LogP contribution in [0.1, 0.15) is 5.01 Å². The van der Waals surface area contributed by atoms with Crippen molar-refractivity contribution in [2.45, 2.75) is 16.7 Å². The maximum absolute atomic E-state index is 6.10. The van der Waals surface area contributed by atoms with Crippen LogP contribution in [0.4, 0.5) is 5.69 Å². The van der Waals surface area contributed by atoms with Gasteiger partial charge in [-0.1, -0.05) is 30.0 Å². The third-order valence-corrected chi connectivity index (χ3v) is 4.61. The molecule has 0 saturated heterocycles. The van der Waals surface area contributed by atoms with Crippen LogP contribution >= 0.6 is 23.1 Å². The van der Waals surface area contributed by atoms with E-state index in [2.05, 4.69) is 23.2 Å². The van der Waals surface area contributed by atoms with Crippen LogP contribution in [0.3, 0.4) is 0 Å². The molecule has 1 aromatic heterocycles. The van der Waals surface area contributed by atoms with Gasteiger partial charge in [0.25, 0.3) is 0 Å². The van der Waals surface area contributed by atoms with Gasteiger partial charge < -0.3 is 5.73 Å². The number of anilines is 1. The van der Waals surface area contributed by atoms with E-state index in [1.54, 1.807) is 23.1 Å². The van der Waals surface area contributed by atoms with Gasteiger partial charge in [-0.3, -0.25) is 0 Å². The van der Waals surface area contributed by atoms with E-state index in [0.717, 1.165) is 25.8 Å². The van der Waals surface area contributed by atoms with Gasteiger partial charge in [0, 0.05) is 15.5 Å². The van der Waals surface area contributed by atoms with E-state index >= 15 is 0 Å². The quantitative estimate of drug-likeness (QED) is 0.705. The molecule has 0 radical (unpaired) electrons. The Balaban J connectivity index is 2.03. The van der Waals surface area contributed by atoms with E-state index in [1.165, 1.54) is 4.90 Å². The molecule has 0 amide bonds. The molecule has 0 atom stereocenters. The lowest BCUT2D eigenvalue weighted by Crippen LogP contribution is -1.88. The lowest BCUT2D eigenvalue weighted by atomic mass is 10.3. The summed E-state index contributed by atoms with van der Waals surface area (Å²) in [5.41, 5.74) is 7.95. The Labute approximate surface area is 114 Å². The maximum Gasteiger partial charge on any atom is 0.0907 e. The smallest absolute Gasteiger partial charge is 0.0907 e. The first-order valence-electron chi connectivity index (χ1n) is 5.62. The highest BCUT2D eigenvalue weighted by Gasteiger charge is 2.07. The Morgan fingerprint density at radius 3 is 2.72 bits per heavy atom. The van der Waals surface area contributed by atoms with E-state index in [9.17, 15) is 0 Å². The van der Waals surface area contributed by atoms with Crippen molar-refractivity contribution in [1.82, 2.24) is 4.98 Å². The Morgan fingerprint density at radius 2 is 1.94 bits per heavy atom. The topological polar surface area (TPSA) is 38.9 Å². The minimum atomic E-state index is 0.819. The molecule has 0 aliphatic carbocycles. The van der Waals surface area contributed by atoms with Crippen molar-refractivity contribution in [3.8, 4) is 0 Å². The van der Waals surface area contributed by atoms with Crippen molar-refractivity contribution in [3.05, 3.63) is 47.5 Å². The number of fused-ring (bicyclic) bond motifs is 1. The van der Waals surface area contributed by atoms with Crippen LogP contribution < -0.4 is 5.73 Å². The zero-order valence-corrected chi connectivity index (χ0v) is 11.5. The van der Waals surface area contributed by atoms with E-state index in [4.69, 9.17) is 5.73 Å². The number of nitrogens with two attached hydrogens (primary N) is 1. The molecule has 0 unspecified atom stereocenters. The van der Waals surface area contributed by atoms with Crippen molar-refractivity contribution in [2.24, 2.45) is 0 Å². The monoisotopic (exact) mass is 272 g/mol. The fourth-order valence-electron chi connectivity index (χ4n) is 1.79. The standard InChI is InChI=1S/C14H12N2S2/c1-9-16-12-8-13(11(15)7-14(12)17-9)18-10-5-3-2-4-6-10/h2-8H,15H2,1H3. The number of benzene rings is 2. The SMILES string of the molecule is Cc1nc2cc(Sc3ccccc3)c(N)cc2s1. The van der Waals surface area contributed by atoms with Crippen molar-refractivity contribution in [2.75, 3.05) is 5.73 Å². The average molecular weight is 272 g/mol. The molecule has 0 bridgehead atoms. The number of nitrogens with zero attached hydrogens (tertiary/aromatic N) is 1. The summed E-state index contributed by atoms with van der Waals surface area (Å²) in [6, 6.07) is 14.3. The molecule has 2 aromatic carbocycles. The predicted molar refractivity (Wildman–Crippen MR) is 79.3 cm³/mol. The van der Waals surface area contributed by atoms with Crippen molar-refractivity contribution in [3.63, 3.8) is 0 Å². The summed E-state index contributed by atoms with van der Waals surface area (Å²) in [6.45, 7) is 2.02. The first-order chi connectivity index (χ1) is 8.72. The summed E-state index contributed by atoms with van der Waals surface area (Å²) in [4.78, 5) is 6.76. The minimum absolute atomic E-state index is 0.819. The van der Waals surface area contributed by atoms with Gasteiger partial charge in [0.1, 0.15) is 0 Å². The van der Waals surface area contributed by atoms with Gasteiger partial charge in [0.2, 0.25) is 0 Å². The molecule has 18 heavy (non-hydrogen) atoms. The second-order valence-electron chi connectivity index (χ2n) is 4.01. The predicted octanol–water partition coefficient (Wildman–Crippen LogP) is 4.34. The van der Waals surface area contributed by atoms with Crippen LogP contribution in [0.25, 0.3) is 10.2 Å². The molecule has 0 saturated carbocycles. The number of hydrogen-bond donors (Lipinski definition) is 1. The Hall–Kier alpha value is -1.52. The van der Waals surface area contributed by atoms with Gasteiger partial charge in [0.15, 0.2) is 0 Å². The molecule has 1 heterocycles. The fraction of sp³-hybridized carbons (Fsp3) is 0.0714. The van der Waals surface area contributed by atoms with Gasteiger partial charge in [-0.2, -0.15) is 0 Å². The summed E-state index contributed by atoms with van der Waals surface area (Å²) in [5.74, 6) is 0.